The molecule has 0 spiro atoms. The van der Waals surface area contributed by atoms with Crippen LogP contribution >= 0.6 is 0 Å². The first-order valence-electron chi connectivity index (χ1n) is 12.2. The van der Waals surface area contributed by atoms with E-state index in [0.717, 1.165) is 28.9 Å². The fourth-order valence-corrected chi connectivity index (χ4v) is 6.69. The summed E-state index contributed by atoms with van der Waals surface area (Å²) in [4.78, 5) is 0. The number of allylic oxidation sites excluding steroid dienone is 1. The Hall–Kier alpha value is -0.820. The van der Waals surface area contributed by atoms with Crippen molar-refractivity contribution < 1.29 is 10.2 Å². The number of hydrogen-bond donors (Lipinski definition) is 2. The van der Waals surface area contributed by atoms with Crippen LogP contribution in [0, 0.1) is 29.1 Å². The molecule has 3 rings (SSSR count). The first-order chi connectivity index (χ1) is 13.7. The van der Waals surface area contributed by atoms with Gasteiger partial charge < -0.3 is 10.2 Å². The number of hydrogen-bond acceptors (Lipinski definition) is 2. The van der Waals surface area contributed by atoms with Crippen molar-refractivity contribution in [2.45, 2.75) is 111 Å². The predicted octanol–water partition coefficient (Wildman–Crippen LogP) is 6.58. The van der Waals surface area contributed by atoms with E-state index in [9.17, 15) is 10.2 Å². The third-order valence-corrected chi connectivity index (χ3v) is 8.51. The lowest BCUT2D eigenvalue weighted by atomic mass is 9.61. The molecule has 2 nitrogen and oxygen atoms in total. The van der Waals surface area contributed by atoms with Gasteiger partial charge in [0.2, 0.25) is 0 Å². The Balaban J connectivity index is 1.76. The maximum Gasteiger partial charge on any atom is 0.0778 e. The molecule has 0 aromatic heterocycles. The van der Waals surface area contributed by atoms with E-state index in [4.69, 9.17) is 0 Å². The van der Waals surface area contributed by atoms with Crippen LogP contribution in [-0.2, 0) is 0 Å². The van der Waals surface area contributed by atoms with E-state index < -0.39 is 12.2 Å². The summed E-state index contributed by atoms with van der Waals surface area (Å²) in [5.74, 6) is 3.15. The molecular formula is C27H44O2. The van der Waals surface area contributed by atoms with Gasteiger partial charge in [0.05, 0.1) is 12.2 Å². The summed E-state index contributed by atoms with van der Waals surface area (Å²) in [6.07, 6.45) is 12.9. The molecule has 0 amide bonds. The highest BCUT2D eigenvalue weighted by molar-refractivity contribution is 5.32. The van der Waals surface area contributed by atoms with Crippen LogP contribution in [0.25, 0.3) is 0 Å². The second-order valence-electron chi connectivity index (χ2n) is 11.0. The molecular weight excluding hydrogens is 356 g/mol. The van der Waals surface area contributed by atoms with Crippen LogP contribution in [0.1, 0.15) is 98.8 Å². The van der Waals surface area contributed by atoms with E-state index >= 15 is 0 Å². The molecule has 6 atom stereocenters. The van der Waals surface area contributed by atoms with Crippen LogP contribution in [-0.4, -0.2) is 22.4 Å². The Labute approximate surface area is 179 Å². The fourth-order valence-electron chi connectivity index (χ4n) is 6.69. The molecule has 0 bridgehead atoms. The number of aliphatic hydroxyl groups is 2. The third kappa shape index (κ3) is 5.09. The van der Waals surface area contributed by atoms with Crippen molar-refractivity contribution in [3.05, 3.63) is 28.5 Å². The highest BCUT2D eigenvalue weighted by Crippen LogP contribution is 2.59. The molecule has 0 saturated heterocycles. The van der Waals surface area contributed by atoms with Crippen molar-refractivity contribution in [3.63, 3.8) is 0 Å². The lowest BCUT2D eigenvalue weighted by molar-refractivity contribution is 0.0878. The average Bonchev–Trinajstić information content (AvgIpc) is 3.00. The Morgan fingerprint density at radius 3 is 2.66 bits per heavy atom. The van der Waals surface area contributed by atoms with Crippen LogP contribution in [0.3, 0.4) is 0 Å². The summed E-state index contributed by atoms with van der Waals surface area (Å²) >= 11 is 0. The Morgan fingerprint density at radius 1 is 1.17 bits per heavy atom. The summed E-state index contributed by atoms with van der Waals surface area (Å²) in [5.41, 5.74) is 7.73. The molecule has 0 aliphatic heterocycles. The summed E-state index contributed by atoms with van der Waals surface area (Å²) in [6.45, 7) is 11.7. The largest absolute Gasteiger partial charge is 0.393 e. The molecule has 0 aromatic carbocycles. The third-order valence-electron chi connectivity index (χ3n) is 8.51. The van der Waals surface area contributed by atoms with Gasteiger partial charge in [-0.05, 0) is 97.3 Å². The molecule has 3 aliphatic carbocycles. The van der Waals surface area contributed by atoms with Gasteiger partial charge in [-0.15, -0.1) is 5.73 Å². The van der Waals surface area contributed by atoms with E-state index in [1.165, 1.54) is 56.9 Å². The smallest absolute Gasteiger partial charge is 0.0778 e. The van der Waals surface area contributed by atoms with Gasteiger partial charge in [0, 0.05) is 6.42 Å². The molecule has 0 aromatic rings. The van der Waals surface area contributed by atoms with Gasteiger partial charge >= 0.3 is 0 Å². The van der Waals surface area contributed by atoms with Gasteiger partial charge in [-0.3, -0.25) is 0 Å². The van der Waals surface area contributed by atoms with Crippen molar-refractivity contribution in [1.29, 1.82) is 0 Å². The normalized spacial score (nSPS) is 36.2. The van der Waals surface area contributed by atoms with Gasteiger partial charge in [-0.25, -0.2) is 0 Å². The van der Waals surface area contributed by atoms with Gasteiger partial charge in [-0.2, -0.15) is 0 Å². The van der Waals surface area contributed by atoms with Crippen molar-refractivity contribution in [2.24, 2.45) is 29.1 Å². The SMILES string of the molecule is CC1=C(C=C=C2CCCC3(C)C2CCC3C(C)CCCC(C)C)C[C@@H](O)C[C@@H]1O. The predicted molar refractivity (Wildman–Crippen MR) is 122 cm³/mol. The van der Waals surface area contributed by atoms with Crippen molar-refractivity contribution in [3.8, 4) is 0 Å². The summed E-state index contributed by atoms with van der Waals surface area (Å²) in [5, 5.41) is 20.2. The van der Waals surface area contributed by atoms with E-state index in [0.29, 0.717) is 24.2 Å². The minimum atomic E-state index is -0.504. The first kappa shape index (κ1) is 22.9. The van der Waals surface area contributed by atoms with E-state index in [1.54, 1.807) is 0 Å². The van der Waals surface area contributed by atoms with Crippen molar-refractivity contribution in [1.82, 2.24) is 0 Å². The highest BCUT2D eigenvalue weighted by atomic mass is 16.3. The quantitative estimate of drug-likeness (QED) is 0.494. The van der Waals surface area contributed by atoms with Crippen LogP contribution < -0.4 is 0 Å². The molecule has 29 heavy (non-hydrogen) atoms. The van der Waals surface area contributed by atoms with Gasteiger partial charge in [-0.1, -0.05) is 47.0 Å². The standard InChI is InChI=1S/C27H44O2/c1-18(2)8-6-9-19(3)24-13-14-25-21(10-7-15-27(24,25)5)11-12-22-16-23(28)17-26(29)20(22)4/h12,18-19,23-26,28-29H,6-10,13-17H2,1-5H3/t11?,19?,23-,24?,25?,26+,27?/m1/s1. The van der Waals surface area contributed by atoms with E-state index in [2.05, 4.69) is 39.5 Å². The molecule has 3 aliphatic rings. The van der Waals surface area contributed by atoms with Crippen LogP contribution in [0.4, 0.5) is 0 Å². The maximum absolute atomic E-state index is 10.2. The molecule has 2 saturated carbocycles. The number of fused-ring (bicyclic) bond motifs is 1. The minimum Gasteiger partial charge on any atom is -0.393 e. The zero-order chi connectivity index (χ0) is 21.2. The van der Waals surface area contributed by atoms with Gasteiger partial charge in [0.15, 0.2) is 0 Å². The Kier molecular flexibility index (Phi) is 7.52. The molecule has 2 heteroatoms. The van der Waals surface area contributed by atoms with Crippen LogP contribution in [0.2, 0.25) is 0 Å². The molecule has 2 fully saturated rings. The number of rotatable bonds is 6. The molecule has 2 N–H and O–H groups in total. The average molecular weight is 401 g/mol. The highest BCUT2D eigenvalue weighted by Gasteiger charge is 2.50. The Bertz CT molecular complexity index is 666. The zero-order valence-corrected chi connectivity index (χ0v) is 19.5. The molecule has 0 radical (unpaired) electrons. The lowest BCUT2D eigenvalue weighted by Gasteiger charge is -2.44. The van der Waals surface area contributed by atoms with Crippen molar-refractivity contribution in [2.75, 3.05) is 0 Å². The molecule has 4 unspecified atom stereocenters. The molecule has 0 heterocycles. The second-order valence-corrected chi connectivity index (χ2v) is 11.0. The number of aliphatic hydroxyl groups excluding tert-OH is 2. The van der Waals surface area contributed by atoms with Crippen LogP contribution in [0.5, 0.6) is 0 Å². The zero-order valence-electron chi connectivity index (χ0n) is 19.5. The monoisotopic (exact) mass is 400 g/mol. The first-order valence-corrected chi connectivity index (χ1v) is 12.2. The molecule has 164 valence electrons. The lowest BCUT2D eigenvalue weighted by Crippen LogP contribution is -2.35. The van der Waals surface area contributed by atoms with Gasteiger partial charge in [0.25, 0.3) is 0 Å². The summed E-state index contributed by atoms with van der Waals surface area (Å²) in [7, 11) is 0. The maximum atomic E-state index is 10.2. The van der Waals surface area contributed by atoms with E-state index in [-0.39, 0.29) is 0 Å². The van der Waals surface area contributed by atoms with Gasteiger partial charge in [0.1, 0.15) is 0 Å². The second kappa shape index (κ2) is 9.54. The van der Waals surface area contributed by atoms with Crippen LogP contribution in [0.15, 0.2) is 28.5 Å². The topological polar surface area (TPSA) is 40.5 Å². The Morgan fingerprint density at radius 2 is 1.93 bits per heavy atom. The van der Waals surface area contributed by atoms with E-state index in [1.807, 2.05) is 6.92 Å². The summed E-state index contributed by atoms with van der Waals surface area (Å²) in [6, 6.07) is 0. The summed E-state index contributed by atoms with van der Waals surface area (Å²) < 4.78 is 0. The fraction of sp³-hybridized carbons (Fsp3) is 0.815. The minimum absolute atomic E-state index is 0.425. The van der Waals surface area contributed by atoms with Crippen molar-refractivity contribution >= 4 is 0 Å².